The molecular weight excluding hydrogens is 1280 g/mol. The number of carbonyl (C=O) groups excluding carboxylic acids is 12. The molecule has 2 rings (SSSR count). The number of nitrogens with zero attached hydrogens (tertiary/aromatic N) is 8. The van der Waals surface area contributed by atoms with E-state index in [1.54, 1.807) is 55.4 Å². The third-order valence-corrected chi connectivity index (χ3v) is 20.0. The lowest BCUT2D eigenvalue weighted by Crippen LogP contribution is -2.64. The molecule has 0 aliphatic carbocycles. The molecule has 4 N–H and O–H groups in total. The van der Waals surface area contributed by atoms with E-state index >= 15 is 33.6 Å². The minimum Gasteiger partial charge on any atom is -0.390 e. The van der Waals surface area contributed by atoms with Crippen LogP contribution in [0.2, 0.25) is 0 Å². The Morgan fingerprint density at radius 3 is 1.55 bits per heavy atom. The van der Waals surface area contributed by atoms with Gasteiger partial charge in [-0.3, -0.25) is 62.4 Å². The van der Waals surface area contributed by atoms with Crippen LogP contribution in [0, 0.1) is 47.3 Å². The van der Waals surface area contributed by atoms with Gasteiger partial charge in [0.05, 0.1) is 31.5 Å². The van der Waals surface area contributed by atoms with Crippen molar-refractivity contribution in [2.45, 2.75) is 268 Å². The lowest BCUT2D eigenvalue weighted by atomic mass is 9.85. The molecule has 0 aromatic rings. The van der Waals surface area contributed by atoms with Crippen LogP contribution in [0.3, 0.4) is 0 Å². The van der Waals surface area contributed by atoms with Crippen molar-refractivity contribution in [2.24, 2.45) is 47.3 Å². The number of rotatable bonds is 23. The number of morpholine rings is 1. The first-order valence-corrected chi connectivity index (χ1v) is 36.9. The first kappa shape index (κ1) is 90.0. The Morgan fingerprint density at radius 1 is 0.540 bits per heavy atom. The van der Waals surface area contributed by atoms with Crippen molar-refractivity contribution in [1.29, 1.82) is 0 Å². The second-order valence-electron chi connectivity index (χ2n) is 30.9. The molecule has 0 saturated carbocycles. The van der Waals surface area contributed by atoms with Crippen molar-refractivity contribution in [3.63, 3.8) is 0 Å². The molecule has 2 aliphatic heterocycles. The van der Waals surface area contributed by atoms with Gasteiger partial charge >= 0.3 is 0 Å². The predicted octanol–water partition coefficient (Wildman–Crippen LogP) is 5.04. The monoisotopic (exact) mass is 1420 g/mol. The minimum absolute atomic E-state index is 0.0305. The van der Waals surface area contributed by atoms with Crippen LogP contribution < -0.4 is 16.0 Å². The van der Waals surface area contributed by atoms with Gasteiger partial charge in [0, 0.05) is 106 Å². The molecule has 0 spiro atoms. The summed E-state index contributed by atoms with van der Waals surface area (Å²) in [6.45, 7) is 35.4. The van der Waals surface area contributed by atoms with Gasteiger partial charge < -0.3 is 64.8 Å². The number of aliphatic hydroxyl groups excluding tert-OH is 1. The summed E-state index contributed by atoms with van der Waals surface area (Å²) in [5.41, 5.74) is 0. The highest BCUT2D eigenvalue weighted by molar-refractivity contribution is 6.00. The van der Waals surface area contributed by atoms with Crippen molar-refractivity contribution in [1.82, 2.24) is 55.1 Å². The molecule has 574 valence electrons. The van der Waals surface area contributed by atoms with Crippen LogP contribution in [0.5, 0.6) is 0 Å². The van der Waals surface area contributed by atoms with Gasteiger partial charge in [-0.05, 0) is 128 Å². The number of hydrogen-bond donors (Lipinski definition) is 4. The fourth-order valence-corrected chi connectivity index (χ4v) is 13.5. The van der Waals surface area contributed by atoms with E-state index in [9.17, 15) is 29.1 Å². The van der Waals surface area contributed by atoms with Crippen LogP contribution in [-0.4, -0.2) is 276 Å². The molecular formula is C74H133N11O15. The Kier molecular flexibility index (Phi) is 38.2. The highest BCUT2D eigenvalue weighted by Gasteiger charge is 2.47. The zero-order valence-corrected chi connectivity index (χ0v) is 65.8. The topological polar surface area (TPSA) is 306 Å². The minimum atomic E-state index is -1.71. The zero-order valence-electron chi connectivity index (χ0n) is 65.8. The summed E-state index contributed by atoms with van der Waals surface area (Å²) in [6.07, 6.45) is -0.734. The first-order chi connectivity index (χ1) is 46.5. The third-order valence-electron chi connectivity index (χ3n) is 20.0. The van der Waals surface area contributed by atoms with Crippen LogP contribution in [-0.2, 0) is 67.0 Å². The van der Waals surface area contributed by atoms with Crippen LogP contribution in [0.25, 0.3) is 0 Å². The van der Waals surface area contributed by atoms with Gasteiger partial charge in [-0.1, -0.05) is 90.0 Å². The number of likely N-dealkylation sites (N-methyl/N-ethyl adjacent to an activating group) is 7. The normalized spacial score (nSPS) is 26.9. The number of hydrogen-bond acceptors (Lipinski definition) is 16. The van der Waals surface area contributed by atoms with Gasteiger partial charge in [-0.2, -0.15) is 0 Å². The molecule has 2 aliphatic rings. The van der Waals surface area contributed by atoms with Crippen LogP contribution in [0.15, 0.2) is 0 Å². The quantitative estimate of drug-likeness (QED) is 0.0974. The van der Waals surface area contributed by atoms with E-state index < -0.39 is 161 Å². The van der Waals surface area contributed by atoms with Gasteiger partial charge in [0.25, 0.3) is 0 Å². The van der Waals surface area contributed by atoms with E-state index in [2.05, 4.69) is 20.9 Å². The number of unbranched alkanes of at least 4 members (excludes halogenated alkanes) is 1. The number of nitrogens with one attached hydrogen (secondary N) is 3. The summed E-state index contributed by atoms with van der Waals surface area (Å²) >= 11 is 0. The Bertz CT molecular complexity index is 2700. The van der Waals surface area contributed by atoms with Crippen LogP contribution >= 0.6 is 0 Å². The maximum Gasteiger partial charge on any atom is 0.246 e. The highest BCUT2D eigenvalue weighted by atomic mass is 16.5. The van der Waals surface area contributed by atoms with Gasteiger partial charge in [0.15, 0.2) is 11.6 Å². The second kappa shape index (κ2) is 42.5. The molecule has 2 saturated heterocycles. The molecule has 26 heteroatoms. The number of ketones is 2. The summed E-state index contributed by atoms with van der Waals surface area (Å²) < 4.78 is 11.9. The number of aliphatic hydroxyl groups is 1. The molecule has 0 aromatic carbocycles. The maximum atomic E-state index is 15.4. The molecule has 2 heterocycles. The van der Waals surface area contributed by atoms with E-state index in [0.717, 1.165) is 35.9 Å². The van der Waals surface area contributed by atoms with Crippen LogP contribution in [0.4, 0.5) is 0 Å². The van der Waals surface area contributed by atoms with E-state index in [0.29, 0.717) is 26.1 Å². The molecule has 0 aromatic heterocycles. The first-order valence-electron chi connectivity index (χ1n) is 36.9. The lowest BCUT2D eigenvalue weighted by Gasteiger charge is -2.41. The average Bonchev–Trinajstić information content (AvgIpc) is 0.806. The SMILES string of the molecule is CC[C@@H]1NC(=O)[C@H]([C@H](O)[C@H](C)CCCC(=O)NC(C)C)N(C)C(=O)[C@H](C(C)C)N(C)C(=O)[C@H](CC(C)C)N(C)C(=O)[C@H](CC(C)C)N(C)C(=O)[C@@H](C)NC(=O)[C@H](C)CC(=O)[C@H](CC(C)C)N(C)C(=O)[C@H](C(C)C)CC(=O)[C@H]([C@@H](C)OCCCCN2CCOCC2)N(C)C(=O)[C@@H](C)N(C)C1=O. The molecule has 26 nitrogen and oxygen atoms in total. The number of amides is 10. The Balaban J connectivity index is 3.03. The third kappa shape index (κ3) is 26.3. The summed E-state index contributed by atoms with van der Waals surface area (Å²) in [5.74, 6) is -11.5. The maximum absolute atomic E-state index is 15.4. The Hall–Kier alpha value is -6.12. The fourth-order valence-electron chi connectivity index (χ4n) is 13.5. The number of Topliss-reactive ketones (excluding diaryl/α,β-unsaturated/α-hetero) is 2. The number of carbonyl (C=O) groups is 12. The Morgan fingerprint density at radius 2 is 1.04 bits per heavy atom. The van der Waals surface area contributed by atoms with Gasteiger partial charge in [0.2, 0.25) is 59.1 Å². The van der Waals surface area contributed by atoms with E-state index in [1.165, 1.54) is 87.7 Å². The van der Waals surface area contributed by atoms with Gasteiger partial charge in [0.1, 0.15) is 48.3 Å². The van der Waals surface area contributed by atoms with Gasteiger partial charge in [-0.25, -0.2) is 0 Å². The van der Waals surface area contributed by atoms with Crippen LogP contribution in [0.1, 0.15) is 195 Å². The molecule has 0 unspecified atom stereocenters. The summed E-state index contributed by atoms with van der Waals surface area (Å²) in [7, 11) is 10.0. The van der Waals surface area contributed by atoms with E-state index in [4.69, 9.17) is 9.47 Å². The molecule has 14 atom stereocenters. The molecule has 100 heavy (non-hydrogen) atoms. The van der Waals surface area contributed by atoms with Crippen molar-refractivity contribution in [3.8, 4) is 0 Å². The zero-order chi connectivity index (χ0) is 76.7. The predicted molar refractivity (Wildman–Crippen MR) is 386 cm³/mol. The van der Waals surface area contributed by atoms with Crippen molar-refractivity contribution in [3.05, 3.63) is 0 Å². The van der Waals surface area contributed by atoms with Crippen molar-refractivity contribution in [2.75, 3.05) is 88.8 Å². The van der Waals surface area contributed by atoms with Crippen molar-refractivity contribution >= 4 is 70.6 Å². The average molecular weight is 1420 g/mol. The molecule has 0 bridgehead atoms. The van der Waals surface area contributed by atoms with Gasteiger partial charge in [-0.15, -0.1) is 0 Å². The van der Waals surface area contributed by atoms with E-state index in [1.807, 2.05) is 55.4 Å². The second-order valence-corrected chi connectivity index (χ2v) is 30.9. The molecule has 2 fully saturated rings. The Labute approximate surface area is 599 Å². The summed E-state index contributed by atoms with van der Waals surface area (Å²) in [6, 6.07) is -11.7. The standard InChI is InChI=1S/C74H133N11O15/c1-26-55-71(95)78(19)52(17)69(93)83(24)63(53(18)100-35-28-27-32-85-33-36-99-37-34-85)60(87)42-54(46(8)9)70(94)79(20)56(38-43(2)3)59(86)41-50(15)66(90)76-51(16)68(92)80(21)57(39-44(4)5)72(96)81(22)58(40-45(6)7)73(97)82(23)62(47(10)11)74(98)84(25)64(67(91)77-55)65(89)49(14)30-29-31-61(88)75-48(12)13/h43-58,62-65,89H,26-42H2,1-25H3,(H,75,88)(H,76,90)(H,77,91)/t49-,50-,51-,52-,53-,54+,55+,56+,57+,58+,62+,63+,64+,65-/m1/s1. The lowest BCUT2D eigenvalue weighted by molar-refractivity contribution is -0.157. The molecule has 0 radical (unpaired) electrons. The summed E-state index contributed by atoms with van der Waals surface area (Å²) in [4.78, 5) is 188. The van der Waals surface area contributed by atoms with Crippen molar-refractivity contribution < 1.29 is 72.1 Å². The largest absolute Gasteiger partial charge is 0.390 e. The van der Waals surface area contributed by atoms with E-state index in [-0.39, 0.29) is 87.7 Å². The fraction of sp³-hybridized carbons (Fsp3) is 0.838. The summed E-state index contributed by atoms with van der Waals surface area (Å²) in [5, 5.41) is 20.9. The number of ether oxygens (including phenoxy) is 2. The molecule has 10 amide bonds. The highest BCUT2D eigenvalue weighted by Crippen LogP contribution is 2.29. The smallest absolute Gasteiger partial charge is 0.246 e.